The molecule has 0 radical (unpaired) electrons. The van der Waals surface area contributed by atoms with E-state index in [1.807, 2.05) is 0 Å². The minimum absolute atomic E-state index is 0.303. The first kappa shape index (κ1) is 17.1. The standard InChI is InChI=1S/C16H26F2N2/c1-11(2)8-20(9-12(3)4)10-16(19)13-5-6-14(17)15(18)7-13/h5-7,11-12,16H,8-10,19H2,1-4H3. The molecule has 1 rings (SSSR count). The van der Waals surface area contributed by atoms with Crippen molar-refractivity contribution in [2.24, 2.45) is 17.6 Å². The van der Waals surface area contributed by atoms with Crippen LogP contribution >= 0.6 is 0 Å². The highest BCUT2D eigenvalue weighted by Crippen LogP contribution is 2.17. The molecule has 0 aliphatic heterocycles. The molecule has 2 nitrogen and oxygen atoms in total. The quantitative estimate of drug-likeness (QED) is 0.829. The molecule has 0 fully saturated rings. The molecular formula is C16H26F2N2. The molecule has 0 aliphatic rings. The van der Waals surface area contributed by atoms with Gasteiger partial charge in [-0.05, 0) is 29.5 Å². The zero-order chi connectivity index (χ0) is 15.3. The van der Waals surface area contributed by atoms with Gasteiger partial charge in [-0.1, -0.05) is 33.8 Å². The Morgan fingerprint density at radius 2 is 1.50 bits per heavy atom. The van der Waals surface area contributed by atoms with E-state index >= 15 is 0 Å². The number of benzene rings is 1. The highest BCUT2D eigenvalue weighted by Gasteiger charge is 2.16. The zero-order valence-corrected chi connectivity index (χ0v) is 12.9. The Morgan fingerprint density at radius 3 is 1.95 bits per heavy atom. The second-order valence-electron chi connectivity index (χ2n) is 6.29. The van der Waals surface area contributed by atoms with Crippen LogP contribution in [0, 0.1) is 23.5 Å². The molecule has 114 valence electrons. The Morgan fingerprint density at radius 1 is 0.950 bits per heavy atom. The van der Waals surface area contributed by atoms with E-state index in [9.17, 15) is 8.78 Å². The molecule has 20 heavy (non-hydrogen) atoms. The van der Waals surface area contributed by atoms with E-state index in [0.29, 0.717) is 23.9 Å². The second kappa shape index (κ2) is 7.70. The number of halogens is 2. The Hall–Kier alpha value is -1.00. The predicted molar refractivity (Wildman–Crippen MR) is 79.4 cm³/mol. The maximum absolute atomic E-state index is 13.3. The second-order valence-corrected chi connectivity index (χ2v) is 6.29. The predicted octanol–water partition coefficient (Wildman–Crippen LogP) is 3.58. The van der Waals surface area contributed by atoms with Crippen LogP contribution < -0.4 is 5.73 Å². The summed E-state index contributed by atoms with van der Waals surface area (Å²) < 4.78 is 26.2. The van der Waals surface area contributed by atoms with Crippen LogP contribution in [0.4, 0.5) is 8.78 Å². The van der Waals surface area contributed by atoms with E-state index in [1.54, 1.807) is 6.07 Å². The van der Waals surface area contributed by atoms with Crippen molar-refractivity contribution in [2.45, 2.75) is 33.7 Å². The lowest BCUT2D eigenvalue weighted by molar-refractivity contribution is 0.207. The van der Waals surface area contributed by atoms with E-state index in [2.05, 4.69) is 32.6 Å². The topological polar surface area (TPSA) is 29.3 Å². The first-order chi connectivity index (χ1) is 9.29. The van der Waals surface area contributed by atoms with Gasteiger partial charge in [-0.2, -0.15) is 0 Å². The van der Waals surface area contributed by atoms with Crippen LogP contribution in [0.5, 0.6) is 0 Å². The van der Waals surface area contributed by atoms with Crippen molar-refractivity contribution in [1.29, 1.82) is 0 Å². The minimum Gasteiger partial charge on any atom is -0.323 e. The molecule has 0 saturated carbocycles. The summed E-state index contributed by atoms with van der Waals surface area (Å²) >= 11 is 0. The Bertz CT molecular complexity index is 409. The maximum atomic E-state index is 13.3. The first-order valence-corrected chi connectivity index (χ1v) is 7.22. The number of hydrogen-bond acceptors (Lipinski definition) is 2. The van der Waals surface area contributed by atoms with Crippen molar-refractivity contribution in [1.82, 2.24) is 4.90 Å². The molecule has 0 saturated heterocycles. The summed E-state index contributed by atoms with van der Waals surface area (Å²) in [4.78, 5) is 2.29. The molecule has 0 aliphatic carbocycles. The van der Waals surface area contributed by atoms with Gasteiger partial charge in [0.15, 0.2) is 11.6 Å². The van der Waals surface area contributed by atoms with E-state index in [0.717, 1.165) is 19.2 Å². The summed E-state index contributed by atoms with van der Waals surface area (Å²) in [6.45, 7) is 11.2. The summed E-state index contributed by atoms with van der Waals surface area (Å²) in [7, 11) is 0. The average Bonchev–Trinajstić information content (AvgIpc) is 2.30. The molecule has 0 heterocycles. The molecule has 1 aromatic rings. The highest BCUT2D eigenvalue weighted by atomic mass is 19.2. The Balaban J connectivity index is 2.73. The SMILES string of the molecule is CC(C)CN(CC(C)C)CC(N)c1ccc(F)c(F)c1. The van der Waals surface area contributed by atoms with Crippen LogP contribution in [0.2, 0.25) is 0 Å². The van der Waals surface area contributed by atoms with Crippen LogP contribution in [0.25, 0.3) is 0 Å². The van der Waals surface area contributed by atoms with Gasteiger partial charge in [0.1, 0.15) is 0 Å². The highest BCUT2D eigenvalue weighted by molar-refractivity contribution is 5.21. The number of nitrogens with zero attached hydrogens (tertiary/aromatic N) is 1. The third kappa shape index (κ3) is 5.55. The maximum Gasteiger partial charge on any atom is 0.159 e. The van der Waals surface area contributed by atoms with Gasteiger partial charge in [-0.25, -0.2) is 8.78 Å². The molecule has 2 N–H and O–H groups in total. The molecule has 1 atom stereocenters. The summed E-state index contributed by atoms with van der Waals surface area (Å²) in [5.74, 6) is -0.573. The monoisotopic (exact) mass is 284 g/mol. The van der Waals surface area contributed by atoms with Crippen LogP contribution in [-0.4, -0.2) is 24.5 Å². The fraction of sp³-hybridized carbons (Fsp3) is 0.625. The normalized spacial score (nSPS) is 13.5. The van der Waals surface area contributed by atoms with Crippen molar-refractivity contribution in [3.8, 4) is 0 Å². The lowest BCUT2D eigenvalue weighted by Crippen LogP contribution is -2.37. The van der Waals surface area contributed by atoms with Gasteiger partial charge in [0.25, 0.3) is 0 Å². The van der Waals surface area contributed by atoms with Gasteiger partial charge in [0.05, 0.1) is 0 Å². The van der Waals surface area contributed by atoms with Crippen molar-refractivity contribution in [3.63, 3.8) is 0 Å². The van der Waals surface area contributed by atoms with Crippen molar-refractivity contribution in [3.05, 3.63) is 35.4 Å². The first-order valence-electron chi connectivity index (χ1n) is 7.22. The zero-order valence-electron chi connectivity index (χ0n) is 12.9. The van der Waals surface area contributed by atoms with Crippen LogP contribution in [-0.2, 0) is 0 Å². The van der Waals surface area contributed by atoms with Crippen LogP contribution in [0.15, 0.2) is 18.2 Å². The fourth-order valence-electron chi connectivity index (χ4n) is 2.38. The van der Waals surface area contributed by atoms with E-state index in [-0.39, 0.29) is 6.04 Å². The molecule has 4 heteroatoms. The molecule has 1 aromatic carbocycles. The van der Waals surface area contributed by atoms with Gasteiger partial charge in [0.2, 0.25) is 0 Å². The lowest BCUT2D eigenvalue weighted by atomic mass is 10.0. The van der Waals surface area contributed by atoms with Gasteiger partial charge in [-0.15, -0.1) is 0 Å². The van der Waals surface area contributed by atoms with Gasteiger partial charge in [0, 0.05) is 25.7 Å². The van der Waals surface area contributed by atoms with E-state index < -0.39 is 11.6 Å². The van der Waals surface area contributed by atoms with Crippen molar-refractivity contribution < 1.29 is 8.78 Å². The molecule has 0 amide bonds. The fourth-order valence-corrected chi connectivity index (χ4v) is 2.38. The lowest BCUT2D eigenvalue weighted by Gasteiger charge is -2.29. The van der Waals surface area contributed by atoms with Crippen LogP contribution in [0.1, 0.15) is 39.3 Å². The molecule has 0 spiro atoms. The summed E-state index contributed by atoms with van der Waals surface area (Å²) in [5, 5.41) is 0. The average molecular weight is 284 g/mol. The molecular weight excluding hydrogens is 258 g/mol. The van der Waals surface area contributed by atoms with E-state index in [4.69, 9.17) is 5.73 Å². The minimum atomic E-state index is -0.836. The smallest absolute Gasteiger partial charge is 0.159 e. The summed E-state index contributed by atoms with van der Waals surface area (Å²) in [6, 6.07) is 3.59. The Kier molecular flexibility index (Phi) is 6.56. The third-order valence-electron chi connectivity index (χ3n) is 3.07. The van der Waals surface area contributed by atoms with Gasteiger partial charge < -0.3 is 10.6 Å². The van der Waals surface area contributed by atoms with Crippen molar-refractivity contribution in [2.75, 3.05) is 19.6 Å². The van der Waals surface area contributed by atoms with Gasteiger partial charge >= 0.3 is 0 Å². The molecule has 1 unspecified atom stereocenters. The van der Waals surface area contributed by atoms with Crippen molar-refractivity contribution >= 4 is 0 Å². The number of rotatable bonds is 7. The molecule has 0 aromatic heterocycles. The molecule has 0 bridgehead atoms. The van der Waals surface area contributed by atoms with E-state index in [1.165, 1.54) is 6.07 Å². The summed E-state index contributed by atoms with van der Waals surface area (Å²) in [6.07, 6.45) is 0. The van der Waals surface area contributed by atoms with Gasteiger partial charge in [-0.3, -0.25) is 0 Å². The Labute approximate surface area is 121 Å². The van der Waals surface area contributed by atoms with Crippen LogP contribution in [0.3, 0.4) is 0 Å². The largest absolute Gasteiger partial charge is 0.323 e. The number of nitrogens with two attached hydrogens (primary N) is 1. The summed E-state index contributed by atoms with van der Waals surface area (Å²) in [5.41, 5.74) is 6.78. The third-order valence-corrected chi connectivity index (χ3v) is 3.07. The number of hydrogen-bond donors (Lipinski definition) is 1.